The first kappa shape index (κ1) is 13.9. The summed E-state index contributed by atoms with van der Waals surface area (Å²) in [7, 11) is 0. The van der Waals surface area contributed by atoms with Crippen LogP contribution >= 0.6 is 15.9 Å². The third-order valence-corrected chi connectivity index (χ3v) is 5.33. The summed E-state index contributed by atoms with van der Waals surface area (Å²) in [6.07, 6.45) is 5.62. The Morgan fingerprint density at radius 3 is 2.50 bits per heavy atom. The summed E-state index contributed by atoms with van der Waals surface area (Å²) >= 11 is 3.62. The molecule has 0 spiro atoms. The van der Waals surface area contributed by atoms with Crippen molar-refractivity contribution in [2.45, 2.75) is 46.5 Å². The molecule has 1 aromatic rings. The van der Waals surface area contributed by atoms with Gasteiger partial charge in [-0.2, -0.15) is 0 Å². The second-order valence-electron chi connectivity index (χ2n) is 5.94. The smallest absolute Gasteiger partial charge is 0.0346 e. The molecule has 0 heterocycles. The van der Waals surface area contributed by atoms with Crippen LogP contribution in [0.15, 0.2) is 16.6 Å². The van der Waals surface area contributed by atoms with Gasteiger partial charge in [0.05, 0.1) is 0 Å². The lowest BCUT2D eigenvalue weighted by Gasteiger charge is -2.27. The van der Waals surface area contributed by atoms with Crippen molar-refractivity contribution in [3.05, 3.63) is 27.7 Å². The van der Waals surface area contributed by atoms with E-state index in [9.17, 15) is 0 Å². The van der Waals surface area contributed by atoms with Gasteiger partial charge in [-0.3, -0.25) is 0 Å². The van der Waals surface area contributed by atoms with E-state index >= 15 is 0 Å². The normalized spacial score (nSPS) is 24.0. The molecular formula is C16H24BrN. The Labute approximate surface area is 119 Å². The van der Waals surface area contributed by atoms with Gasteiger partial charge in [-0.25, -0.2) is 0 Å². The first-order chi connectivity index (χ1) is 8.56. The number of halogens is 1. The first-order valence-corrected chi connectivity index (χ1v) is 7.86. The average molecular weight is 310 g/mol. The minimum absolute atomic E-state index is 0.859. The Kier molecular flexibility index (Phi) is 4.71. The third kappa shape index (κ3) is 3.50. The van der Waals surface area contributed by atoms with Gasteiger partial charge in [0, 0.05) is 16.7 Å². The van der Waals surface area contributed by atoms with Crippen molar-refractivity contribution >= 4 is 21.6 Å². The van der Waals surface area contributed by atoms with E-state index in [-0.39, 0.29) is 0 Å². The van der Waals surface area contributed by atoms with Gasteiger partial charge in [0.15, 0.2) is 0 Å². The molecule has 100 valence electrons. The van der Waals surface area contributed by atoms with E-state index in [1.807, 2.05) is 0 Å². The van der Waals surface area contributed by atoms with Crippen molar-refractivity contribution in [2.75, 3.05) is 11.9 Å². The molecule has 1 saturated carbocycles. The van der Waals surface area contributed by atoms with Crippen molar-refractivity contribution in [3.63, 3.8) is 0 Å². The quantitative estimate of drug-likeness (QED) is 0.798. The monoisotopic (exact) mass is 309 g/mol. The largest absolute Gasteiger partial charge is 0.385 e. The van der Waals surface area contributed by atoms with E-state index < -0.39 is 0 Å². The van der Waals surface area contributed by atoms with Crippen molar-refractivity contribution < 1.29 is 0 Å². The molecule has 1 fully saturated rings. The number of benzene rings is 1. The van der Waals surface area contributed by atoms with Gasteiger partial charge < -0.3 is 5.32 Å². The molecule has 1 nitrogen and oxygen atoms in total. The van der Waals surface area contributed by atoms with Crippen LogP contribution in [0.3, 0.4) is 0 Å². The molecule has 0 saturated heterocycles. The van der Waals surface area contributed by atoms with E-state index in [1.54, 1.807) is 0 Å². The zero-order valence-corrected chi connectivity index (χ0v) is 13.3. The molecule has 2 rings (SSSR count). The Morgan fingerprint density at radius 2 is 1.89 bits per heavy atom. The van der Waals surface area contributed by atoms with Gasteiger partial charge in [0.2, 0.25) is 0 Å². The molecule has 18 heavy (non-hydrogen) atoms. The molecule has 0 bridgehead atoms. The van der Waals surface area contributed by atoms with Crippen LogP contribution in [0, 0.1) is 25.7 Å². The van der Waals surface area contributed by atoms with Crippen molar-refractivity contribution in [3.8, 4) is 0 Å². The second kappa shape index (κ2) is 6.10. The number of hydrogen-bond acceptors (Lipinski definition) is 1. The van der Waals surface area contributed by atoms with Crippen LogP contribution in [0.1, 0.15) is 43.7 Å². The standard InChI is InChI=1S/C16H24BrN/c1-11-5-4-6-14(7-11)10-18-15-8-12(2)16(17)13(3)9-15/h8-9,11,14,18H,4-7,10H2,1-3H3. The highest BCUT2D eigenvalue weighted by atomic mass is 79.9. The molecular weight excluding hydrogens is 286 g/mol. The minimum Gasteiger partial charge on any atom is -0.385 e. The van der Waals surface area contributed by atoms with Crippen molar-refractivity contribution in [1.29, 1.82) is 0 Å². The summed E-state index contributed by atoms with van der Waals surface area (Å²) in [4.78, 5) is 0. The zero-order valence-electron chi connectivity index (χ0n) is 11.7. The van der Waals surface area contributed by atoms with E-state index in [4.69, 9.17) is 0 Å². The Morgan fingerprint density at radius 1 is 1.22 bits per heavy atom. The molecule has 0 radical (unpaired) electrons. The van der Waals surface area contributed by atoms with Crippen LogP contribution in [0.4, 0.5) is 5.69 Å². The van der Waals surface area contributed by atoms with Crippen molar-refractivity contribution in [1.82, 2.24) is 0 Å². The summed E-state index contributed by atoms with van der Waals surface area (Å²) in [6.45, 7) is 7.83. The SMILES string of the molecule is Cc1cc(NCC2CCCC(C)C2)cc(C)c1Br. The van der Waals surface area contributed by atoms with Crippen LogP contribution in [-0.2, 0) is 0 Å². The summed E-state index contributed by atoms with van der Waals surface area (Å²) in [5, 5.41) is 3.62. The van der Waals surface area contributed by atoms with Gasteiger partial charge in [-0.05, 0) is 61.8 Å². The Balaban J connectivity index is 1.94. The van der Waals surface area contributed by atoms with Gasteiger partial charge in [-0.15, -0.1) is 0 Å². The molecule has 2 heteroatoms. The Bertz CT molecular complexity index is 391. The van der Waals surface area contributed by atoms with E-state index in [0.29, 0.717) is 0 Å². The van der Waals surface area contributed by atoms with Crippen LogP contribution in [0.5, 0.6) is 0 Å². The van der Waals surface area contributed by atoms with Crippen LogP contribution in [0.2, 0.25) is 0 Å². The van der Waals surface area contributed by atoms with E-state index in [1.165, 1.54) is 47.0 Å². The molecule has 1 N–H and O–H groups in total. The highest BCUT2D eigenvalue weighted by Crippen LogP contribution is 2.29. The minimum atomic E-state index is 0.859. The average Bonchev–Trinajstić information content (AvgIpc) is 2.33. The van der Waals surface area contributed by atoms with Gasteiger partial charge in [-0.1, -0.05) is 35.7 Å². The number of rotatable bonds is 3. The van der Waals surface area contributed by atoms with Crippen LogP contribution < -0.4 is 5.32 Å². The summed E-state index contributed by atoms with van der Waals surface area (Å²) in [5.74, 6) is 1.77. The molecule has 2 atom stereocenters. The maximum absolute atomic E-state index is 3.62. The zero-order chi connectivity index (χ0) is 13.1. The summed E-state index contributed by atoms with van der Waals surface area (Å²) < 4.78 is 1.24. The fraction of sp³-hybridized carbons (Fsp3) is 0.625. The number of nitrogens with one attached hydrogen (secondary N) is 1. The molecule has 1 aromatic carbocycles. The predicted molar refractivity (Wildman–Crippen MR) is 83.2 cm³/mol. The summed E-state index contributed by atoms with van der Waals surface area (Å²) in [6, 6.07) is 4.48. The summed E-state index contributed by atoms with van der Waals surface area (Å²) in [5.41, 5.74) is 3.90. The molecule has 1 aliphatic rings. The predicted octanol–water partition coefficient (Wildman–Crippen LogP) is 5.30. The second-order valence-corrected chi connectivity index (χ2v) is 6.74. The molecule has 0 amide bonds. The molecule has 2 unspecified atom stereocenters. The number of hydrogen-bond donors (Lipinski definition) is 1. The first-order valence-electron chi connectivity index (χ1n) is 7.07. The maximum atomic E-state index is 3.62. The van der Waals surface area contributed by atoms with Gasteiger partial charge in [0.25, 0.3) is 0 Å². The van der Waals surface area contributed by atoms with Crippen molar-refractivity contribution in [2.24, 2.45) is 11.8 Å². The lowest BCUT2D eigenvalue weighted by atomic mass is 9.82. The van der Waals surface area contributed by atoms with Crippen LogP contribution in [0.25, 0.3) is 0 Å². The fourth-order valence-electron chi connectivity index (χ4n) is 3.06. The van der Waals surface area contributed by atoms with E-state index in [2.05, 4.69) is 54.2 Å². The van der Waals surface area contributed by atoms with Gasteiger partial charge in [0.1, 0.15) is 0 Å². The molecule has 0 aliphatic heterocycles. The highest BCUT2D eigenvalue weighted by Gasteiger charge is 2.18. The topological polar surface area (TPSA) is 12.0 Å². The maximum Gasteiger partial charge on any atom is 0.0346 e. The lowest BCUT2D eigenvalue weighted by Crippen LogP contribution is -2.21. The van der Waals surface area contributed by atoms with E-state index in [0.717, 1.165) is 18.4 Å². The molecule has 1 aliphatic carbocycles. The third-order valence-electron chi connectivity index (χ3n) is 4.08. The van der Waals surface area contributed by atoms with Gasteiger partial charge >= 0.3 is 0 Å². The lowest BCUT2D eigenvalue weighted by molar-refractivity contribution is 0.293. The highest BCUT2D eigenvalue weighted by molar-refractivity contribution is 9.10. The molecule has 0 aromatic heterocycles. The number of anilines is 1. The Hall–Kier alpha value is -0.500. The van der Waals surface area contributed by atoms with Crippen LogP contribution in [-0.4, -0.2) is 6.54 Å². The number of aryl methyl sites for hydroxylation is 2. The fourth-order valence-corrected chi connectivity index (χ4v) is 3.28.